The van der Waals surface area contributed by atoms with Gasteiger partial charge < -0.3 is 10.6 Å². The van der Waals surface area contributed by atoms with Crippen molar-refractivity contribution in [2.75, 3.05) is 19.6 Å². The number of carbonyl (C=O) groups is 1. The molecule has 0 atom stereocenters. The number of thiophene rings is 2. The molecule has 0 radical (unpaired) electrons. The molecule has 2 aromatic heterocycles. The van der Waals surface area contributed by atoms with E-state index >= 15 is 0 Å². The van der Waals surface area contributed by atoms with E-state index in [1.165, 1.54) is 17.4 Å². The highest BCUT2D eigenvalue weighted by molar-refractivity contribution is 7.89. The molecule has 3 heterocycles. The van der Waals surface area contributed by atoms with Crippen LogP contribution in [0.3, 0.4) is 0 Å². The second-order valence-corrected chi connectivity index (χ2v) is 8.94. The van der Waals surface area contributed by atoms with Crippen LogP contribution in [-0.2, 0) is 16.6 Å². The SMILES string of the molecule is O=C(NCC1CNC1)c1sccc1S(=O)(=O)NCc1cccs1. The minimum Gasteiger partial charge on any atom is -0.351 e. The van der Waals surface area contributed by atoms with Gasteiger partial charge in [-0.2, -0.15) is 0 Å². The van der Waals surface area contributed by atoms with Crippen molar-refractivity contribution < 1.29 is 13.2 Å². The summed E-state index contributed by atoms with van der Waals surface area (Å²) < 4.78 is 27.4. The van der Waals surface area contributed by atoms with Crippen molar-refractivity contribution in [3.63, 3.8) is 0 Å². The predicted octanol–water partition coefficient (Wildman–Crippen LogP) is 1.24. The summed E-state index contributed by atoms with van der Waals surface area (Å²) in [4.78, 5) is 13.4. The Morgan fingerprint density at radius 2 is 2.09 bits per heavy atom. The molecule has 23 heavy (non-hydrogen) atoms. The van der Waals surface area contributed by atoms with Crippen molar-refractivity contribution in [1.29, 1.82) is 0 Å². The van der Waals surface area contributed by atoms with E-state index < -0.39 is 10.0 Å². The van der Waals surface area contributed by atoms with Gasteiger partial charge in [0, 0.05) is 37.0 Å². The van der Waals surface area contributed by atoms with Crippen molar-refractivity contribution in [1.82, 2.24) is 15.4 Å². The van der Waals surface area contributed by atoms with Crippen LogP contribution in [0.4, 0.5) is 0 Å². The first-order chi connectivity index (χ1) is 11.1. The fraction of sp³-hybridized carbons (Fsp3) is 0.357. The summed E-state index contributed by atoms with van der Waals surface area (Å²) in [6, 6.07) is 5.20. The highest BCUT2D eigenvalue weighted by Gasteiger charge is 2.25. The standard InChI is InChI=1S/C14H17N3O3S3/c18-14(16-8-10-6-15-7-10)13-12(3-5-22-13)23(19,20)17-9-11-2-1-4-21-11/h1-5,10,15,17H,6-9H2,(H,16,18). The zero-order chi connectivity index (χ0) is 16.3. The molecule has 0 aromatic carbocycles. The third-order valence-corrected chi connectivity index (χ3v) is 6.92. The molecule has 124 valence electrons. The van der Waals surface area contributed by atoms with E-state index in [0.29, 0.717) is 12.5 Å². The quantitative estimate of drug-likeness (QED) is 0.683. The number of rotatable bonds is 7. The Morgan fingerprint density at radius 3 is 2.74 bits per heavy atom. The lowest BCUT2D eigenvalue weighted by atomic mass is 10.0. The van der Waals surface area contributed by atoms with Gasteiger partial charge in [0.25, 0.3) is 5.91 Å². The minimum atomic E-state index is -3.70. The Morgan fingerprint density at radius 1 is 1.26 bits per heavy atom. The first kappa shape index (κ1) is 16.6. The highest BCUT2D eigenvalue weighted by atomic mass is 32.2. The third-order valence-electron chi connectivity index (χ3n) is 3.56. The molecule has 3 N–H and O–H groups in total. The molecule has 0 aliphatic carbocycles. The van der Waals surface area contributed by atoms with Crippen LogP contribution in [0.5, 0.6) is 0 Å². The van der Waals surface area contributed by atoms with Crippen LogP contribution in [0.25, 0.3) is 0 Å². The molecule has 0 spiro atoms. The van der Waals surface area contributed by atoms with Gasteiger partial charge in [0.2, 0.25) is 10.0 Å². The number of nitrogens with one attached hydrogen (secondary N) is 3. The van der Waals surface area contributed by atoms with Crippen molar-refractivity contribution in [2.45, 2.75) is 11.4 Å². The molecule has 6 nitrogen and oxygen atoms in total. The molecule has 1 amide bonds. The van der Waals surface area contributed by atoms with Crippen LogP contribution >= 0.6 is 22.7 Å². The molecule has 9 heteroatoms. The van der Waals surface area contributed by atoms with Crippen molar-refractivity contribution >= 4 is 38.6 Å². The summed E-state index contributed by atoms with van der Waals surface area (Å²) in [6.45, 7) is 2.56. The molecule has 1 aliphatic rings. The third kappa shape index (κ3) is 3.99. The summed E-state index contributed by atoms with van der Waals surface area (Å²) in [7, 11) is -3.70. The van der Waals surface area contributed by atoms with Gasteiger partial charge in [-0.05, 0) is 22.9 Å². The lowest BCUT2D eigenvalue weighted by molar-refractivity contribution is 0.0943. The van der Waals surface area contributed by atoms with E-state index in [2.05, 4.69) is 15.4 Å². The first-order valence-corrected chi connectivity index (χ1v) is 10.4. The highest BCUT2D eigenvalue weighted by Crippen LogP contribution is 2.22. The summed E-state index contributed by atoms with van der Waals surface area (Å²) in [6.07, 6.45) is 0. The summed E-state index contributed by atoms with van der Waals surface area (Å²) in [5.41, 5.74) is 0. The molecular weight excluding hydrogens is 354 g/mol. The normalized spacial score (nSPS) is 15.3. The number of carbonyl (C=O) groups excluding carboxylic acids is 1. The first-order valence-electron chi connectivity index (χ1n) is 7.15. The van der Waals surface area contributed by atoms with E-state index in [1.54, 1.807) is 5.38 Å². The summed E-state index contributed by atoms with van der Waals surface area (Å²) >= 11 is 2.62. The van der Waals surface area contributed by atoms with Crippen molar-refractivity contribution in [3.05, 3.63) is 38.7 Å². The summed E-state index contributed by atoms with van der Waals surface area (Å²) in [5, 5.41) is 9.46. The van der Waals surface area contributed by atoms with Gasteiger partial charge in [-0.3, -0.25) is 4.79 Å². The monoisotopic (exact) mass is 371 g/mol. The largest absolute Gasteiger partial charge is 0.351 e. The fourth-order valence-corrected chi connectivity index (χ4v) is 5.23. The molecule has 2 aromatic rings. The number of hydrogen-bond donors (Lipinski definition) is 3. The van der Waals surface area contributed by atoms with E-state index in [4.69, 9.17) is 0 Å². The Hall–Kier alpha value is -1.26. The summed E-state index contributed by atoms with van der Waals surface area (Å²) in [5.74, 6) is 0.0966. The van der Waals surface area contributed by atoms with Crippen LogP contribution in [-0.4, -0.2) is 34.0 Å². The van der Waals surface area contributed by atoms with Crippen LogP contribution in [0.2, 0.25) is 0 Å². The second-order valence-electron chi connectivity index (χ2n) is 5.25. The van der Waals surface area contributed by atoms with E-state index in [9.17, 15) is 13.2 Å². The van der Waals surface area contributed by atoms with Crippen molar-refractivity contribution in [3.8, 4) is 0 Å². The Labute approximate surface area is 143 Å². The minimum absolute atomic E-state index is 0.0447. The average Bonchev–Trinajstić information content (AvgIpc) is 3.15. The van der Waals surface area contributed by atoms with Crippen LogP contribution in [0.1, 0.15) is 14.5 Å². The average molecular weight is 372 g/mol. The lowest BCUT2D eigenvalue weighted by Gasteiger charge is -2.27. The maximum Gasteiger partial charge on any atom is 0.262 e. The number of sulfonamides is 1. The van der Waals surface area contributed by atoms with Gasteiger partial charge in [-0.1, -0.05) is 6.07 Å². The molecule has 1 saturated heterocycles. The molecule has 0 saturated carbocycles. The van der Waals surface area contributed by atoms with Gasteiger partial charge in [-0.15, -0.1) is 22.7 Å². The molecule has 1 aliphatic heterocycles. The zero-order valence-electron chi connectivity index (χ0n) is 12.2. The van der Waals surface area contributed by atoms with Crippen LogP contribution in [0.15, 0.2) is 33.9 Å². The van der Waals surface area contributed by atoms with Crippen molar-refractivity contribution in [2.24, 2.45) is 5.92 Å². The van der Waals surface area contributed by atoms with E-state index in [1.807, 2.05) is 17.5 Å². The smallest absolute Gasteiger partial charge is 0.262 e. The topological polar surface area (TPSA) is 87.3 Å². The van der Waals surface area contributed by atoms with Crippen LogP contribution in [0, 0.1) is 5.92 Å². The van der Waals surface area contributed by atoms with Gasteiger partial charge in [-0.25, -0.2) is 13.1 Å². The van der Waals surface area contributed by atoms with Gasteiger partial charge in [0.15, 0.2) is 0 Å². The Kier molecular flexibility index (Phi) is 5.12. The maximum atomic E-state index is 12.4. The number of hydrogen-bond acceptors (Lipinski definition) is 6. The fourth-order valence-electron chi connectivity index (χ4n) is 2.14. The zero-order valence-corrected chi connectivity index (χ0v) is 14.7. The van der Waals surface area contributed by atoms with Gasteiger partial charge in [0.05, 0.1) is 0 Å². The lowest BCUT2D eigenvalue weighted by Crippen LogP contribution is -2.48. The number of amides is 1. The van der Waals surface area contributed by atoms with Gasteiger partial charge in [0.1, 0.15) is 9.77 Å². The van der Waals surface area contributed by atoms with E-state index in [0.717, 1.165) is 29.3 Å². The Bertz CT molecular complexity index is 764. The van der Waals surface area contributed by atoms with Gasteiger partial charge >= 0.3 is 0 Å². The molecule has 0 bridgehead atoms. The Balaban J connectivity index is 1.67. The molecule has 3 rings (SSSR count). The molecule has 0 unspecified atom stereocenters. The van der Waals surface area contributed by atoms with E-state index in [-0.39, 0.29) is 22.2 Å². The predicted molar refractivity (Wildman–Crippen MR) is 91.4 cm³/mol. The molecular formula is C14H17N3O3S3. The van der Waals surface area contributed by atoms with Crippen LogP contribution < -0.4 is 15.4 Å². The second kappa shape index (κ2) is 7.10. The maximum absolute atomic E-state index is 12.4. The molecule has 1 fully saturated rings.